The highest BCUT2D eigenvalue weighted by Gasteiger charge is 2.33. The highest BCUT2D eigenvalue weighted by atomic mass is 35.5. The Morgan fingerprint density at radius 1 is 1.10 bits per heavy atom. The van der Waals surface area contributed by atoms with Crippen molar-refractivity contribution in [1.29, 1.82) is 0 Å². The van der Waals surface area contributed by atoms with Crippen molar-refractivity contribution >= 4 is 72.9 Å². The summed E-state index contributed by atoms with van der Waals surface area (Å²) < 4.78 is 26.1. The van der Waals surface area contributed by atoms with Crippen LogP contribution in [0.4, 0.5) is 10.8 Å². The van der Waals surface area contributed by atoms with Gasteiger partial charge in [0.15, 0.2) is 0 Å². The van der Waals surface area contributed by atoms with Gasteiger partial charge >= 0.3 is 0 Å². The van der Waals surface area contributed by atoms with Gasteiger partial charge in [0, 0.05) is 15.6 Å². The Kier molecular flexibility index (Phi) is 7.43. The van der Waals surface area contributed by atoms with E-state index in [1.54, 1.807) is 31.2 Å². The van der Waals surface area contributed by atoms with Gasteiger partial charge in [0.25, 0.3) is 0 Å². The normalized spacial score (nSPS) is 12.4. The molecule has 1 amide bonds. The van der Waals surface area contributed by atoms with Gasteiger partial charge in [-0.3, -0.25) is 14.4 Å². The summed E-state index contributed by atoms with van der Waals surface area (Å²) >= 11 is 19.3. The standard InChI is InChI=1S/C19H17Cl3N4O3S2/c1-3-15(26(31(2,28)29)16-10-13(21)8-9-14(16)22)17(27)23-19-25-24-18(30-19)11-4-6-12(20)7-5-11/h4-10,15H,3H2,1-2H3,(H,23,25,27)/t15-/m1/s1. The summed E-state index contributed by atoms with van der Waals surface area (Å²) in [5.41, 5.74) is 0.913. The topological polar surface area (TPSA) is 92.3 Å². The molecule has 164 valence electrons. The van der Waals surface area contributed by atoms with Crippen LogP contribution in [-0.2, 0) is 14.8 Å². The second-order valence-corrected chi connectivity index (χ2v) is 10.6. The zero-order valence-corrected chi connectivity index (χ0v) is 20.2. The minimum atomic E-state index is -3.86. The SMILES string of the molecule is CC[C@H](C(=O)Nc1nnc(-c2ccc(Cl)cc2)s1)N(c1cc(Cl)ccc1Cl)S(C)(=O)=O. The van der Waals surface area contributed by atoms with E-state index in [0.717, 1.165) is 27.5 Å². The number of nitrogens with one attached hydrogen (secondary N) is 1. The van der Waals surface area contributed by atoms with E-state index in [4.69, 9.17) is 34.8 Å². The molecule has 0 radical (unpaired) electrons. The van der Waals surface area contributed by atoms with Crippen LogP contribution in [0.15, 0.2) is 42.5 Å². The van der Waals surface area contributed by atoms with Crippen molar-refractivity contribution in [2.45, 2.75) is 19.4 Å². The fourth-order valence-corrected chi connectivity index (χ4v) is 5.38. The van der Waals surface area contributed by atoms with Crippen molar-refractivity contribution in [3.8, 4) is 10.6 Å². The molecule has 0 unspecified atom stereocenters. The average molecular weight is 520 g/mol. The van der Waals surface area contributed by atoms with Gasteiger partial charge in [-0.15, -0.1) is 10.2 Å². The summed E-state index contributed by atoms with van der Waals surface area (Å²) in [5.74, 6) is -0.567. The molecule has 0 spiro atoms. The Hall–Kier alpha value is -1.91. The molecule has 1 atom stereocenters. The van der Waals surface area contributed by atoms with Crippen LogP contribution in [0, 0.1) is 0 Å². The summed E-state index contributed by atoms with van der Waals surface area (Å²) in [6, 6.07) is 10.4. The Morgan fingerprint density at radius 2 is 1.74 bits per heavy atom. The van der Waals surface area contributed by atoms with Crippen LogP contribution in [0.2, 0.25) is 15.1 Å². The minimum absolute atomic E-state index is 0.123. The van der Waals surface area contributed by atoms with E-state index in [9.17, 15) is 13.2 Å². The van der Waals surface area contributed by atoms with Crippen LogP contribution in [0.25, 0.3) is 10.6 Å². The largest absolute Gasteiger partial charge is 0.299 e. The van der Waals surface area contributed by atoms with E-state index < -0.39 is 22.0 Å². The third kappa shape index (κ3) is 5.67. The molecule has 3 aromatic rings. The van der Waals surface area contributed by atoms with Crippen molar-refractivity contribution in [3.63, 3.8) is 0 Å². The first-order valence-electron chi connectivity index (χ1n) is 8.95. The quantitative estimate of drug-likeness (QED) is 0.454. The second kappa shape index (κ2) is 9.70. The maximum absolute atomic E-state index is 13.0. The van der Waals surface area contributed by atoms with Crippen LogP contribution in [0.3, 0.4) is 0 Å². The number of anilines is 2. The maximum Gasteiger partial charge on any atom is 0.250 e. The van der Waals surface area contributed by atoms with Gasteiger partial charge in [-0.05, 0) is 36.8 Å². The molecule has 0 bridgehead atoms. The fourth-order valence-electron chi connectivity index (χ4n) is 2.86. The van der Waals surface area contributed by atoms with Crippen LogP contribution >= 0.6 is 46.1 Å². The number of hydrogen-bond acceptors (Lipinski definition) is 6. The van der Waals surface area contributed by atoms with E-state index >= 15 is 0 Å². The molecule has 3 rings (SSSR count). The number of sulfonamides is 1. The Morgan fingerprint density at radius 3 is 2.35 bits per heavy atom. The number of nitrogens with zero attached hydrogens (tertiary/aromatic N) is 3. The van der Waals surface area contributed by atoms with Crippen molar-refractivity contribution in [3.05, 3.63) is 57.5 Å². The van der Waals surface area contributed by atoms with Crippen molar-refractivity contribution in [1.82, 2.24) is 10.2 Å². The number of amides is 1. The molecular weight excluding hydrogens is 503 g/mol. The Bertz CT molecular complexity index is 1200. The molecule has 0 saturated heterocycles. The predicted molar refractivity (Wildman–Crippen MR) is 127 cm³/mol. The number of carbonyl (C=O) groups excluding carboxylic acids is 1. The summed E-state index contributed by atoms with van der Waals surface area (Å²) in [5, 5.41) is 12.6. The van der Waals surface area contributed by atoms with E-state index in [2.05, 4.69) is 15.5 Å². The predicted octanol–water partition coefficient (Wildman–Crippen LogP) is 5.35. The zero-order chi connectivity index (χ0) is 22.8. The molecule has 0 fully saturated rings. The first-order chi connectivity index (χ1) is 14.6. The van der Waals surface area contributed by atoms with Crippen molar-refractivity contribution in [2.75, 3.05) is 15.9 Å². The number of benzene rings is 2. The number of aromatic nitrogens is 2. The average Bonchev–Trinajstić information content (AvgIpc) is 3.16. The first kappa shape index (κ1) is 23.7. The van der Waals surface area contributed by atoms with E-state index in [-0.39, 0.29) is 22.3 Å². The van der Waals surface area contributed by atoms with Gasteiger partial charge in [-0.1, -0.05) is 65.2 Å². The number of halogens is 3. The van der Waals surface area contributed by atoms with Crippen molar-refractivity contribution in [2.24, 2.45) is 0 Å². The van der Waals surface area contributed by atoms with E-state index in [1.165, 1.54) is 18.2 Å². The van der Waals surface area contributed by atoms with Gasteiger partial charge in [0.2, 0.25) is 21.1 Å². The molecule has 0 aliphatic carbocycles. The smallest absolute Gasteiger partial charge is 0.250 e. The lowest BCUT2D eigenvalue weighted by Crippen LogP contribution is -2.47. The molecule has 0 saturated carbocycles. The van der Waals surface area contributed by atoms with Crippen LogP contribution in [-0.4, -0.2) is 36.8 Å². The fraction of sp³-hybridized carbons (Fsp3) is 0.211. The van der Waals surface area contributed by atoms with Gasteiger partial charge in [0.1, 0.15) is 11.0 Å². The van der Waals surface area contributed by atoms with Crippen molar-refractivity contribution < 1.29 is 13.2 Å². The molecule has 0 aliphatic heterocycles. The third-order valence-electron chi connectivity index (χ3n) is 4.22. The maximum atomic E-state index is 13.0. The third-order valence-corrected chi connectivity index (χ3v) is 7.08. The van der Waals surface area contributed by atoms with Crippen LogP contribution in [0.1, 0.15) is 13.3 Å². The summed E-state index contributed by atoms with van der Waals surface area (Å²) in [4.78, 5) is 13.0. The van der Waals surface area contributed by atoms with E-state index in [0.29, 0.717) is 15.1 Å². The molecule has 0 aliphatic rings. The summed E-state index contributed by atoms with van der Waals surface area (Å²) in [6.07, 6.45) is 1.19. The Labute approximate surface area is 199 Å². The van der Waals surface area contributed by atoms with Gasteiger partial charge in [-0.2, -0.15) is 0 Å². The molecule has 1 N–H and O–H groups in total. The molecule has 1 heterocycles. The number of hydrogen-bond donors (Lipinski definition) is 1. The molecular formula is C19H17Cl3N4O3S2. The van der Waals surface area contributed by atoms with Crippen LogP contribution in [0.5, 0.6) is 0 Å². The van der Waals surface area contributed by atoms with Crippen LogP contribution < -0.4 is 9.62 Å². The second-order valence-electron chi connectivity index (χ2n) is 6.49. The molecule has 1 aromatic heterocycles. The Balaban J connectivity index is 1.89. The van der Waals surface area contributed by atoms with E-state index in [1.807, 2.05) is 0 Å². The monoisotopic (exact) mass is 518 g/mol. The summed E-state index contributed by atoms with van der Waals surface area (Å²) in [6.45, 7) is 1.69. The van der Waals surface area contributed by atoms with Gasteiger partial charge < -0.3 is 0 Å². The molecule has 2 aromatic carbocycles. The lowest BCUT2D eigenvalue weighted by atomic mass is 10.2. The first-order valence-corrected chi connectivity index (χ1v) is 12.7. The zero-order valence-electron chi connectivity index (χ0n) is 16.3. The highest BCUT2D eigenvalue weighted by molar-refractivity contribution is 7.92. The number of rotatable bonds is 7. The minimum Gasteiger partial charge on any atom is -0.299 e. The van der Waals surface area contributed by atoms with Gasteiger partial charge in [-0.25, -0.2) is 8.42 Å². The summed E-state index contributed by atoms with van der Waals surface area (Å²) in [7, 11) is -3.86. The molecule has 31 heavy (non-hydrogen) atoms. The molecule has 7 nitrogen and oxygen atoms in total. The number of carbonyl (C=O) groups is 1. The van der Waals surface area contributed by atoms with Gasteiger partial charge in [0.05, 0.1) is 17.0 Å². The lowest BCUT2D eigenvalue weighted by Gasteiger charge is -2.30. The highest BCUT2D eigenvalue weighted by Crippen LogP contribution is 2.33. The molecule has 12 heteroatoms. The lowest BCUT2D eigenvalue weighted by molar-refractivity contribution is -0.117.